The molecule has 28 heavy (non-hydrogen) atoms. The number of nitrogens with zero attached hydrogens (tertiary/aromatic N) is 6. The number of aromatic nitrogens is 4. The molecule has 0 unspecified atom stereocenters. The molecule has 8 heteroatoms. The third-order valence-corrected chi connectivity index (χ3v) is 5.07. The quantitative estimate of drug-likeness (QED) is 0.693. The highest BCUT2D eigenvalue weighted by Crippen LogP contribution is 2.28. The van der Waals surface area contributed by atoms with E-state index in [0.29, 0.717) is 30.0 Å². The van der Waals surface area contributed by atoms with Gasteiger partial charge in [0, 0.05) is 45.0 Å². The average Bonchev–Trinajstić information content (AvgIpc) is 3.34. The van der Waals surface area contributed by atoms with Gasteiger partial charge in [-0.05, 0) is 31.5 Å². The van der Waals surface area contributed by atoms with E-state index >= 15 is 0 Å². The lowest BCUT2D eigenvalue weighted by Gasteiger charge is -2.17. The summed E-state index contributed by atoms with van der Waals surface area (Å²) < 4.78 is 1.72. The molecule has 144 valence electrons. The summed E-state index contributed by atoms with van der Waals surface area (Å²) in [4.78, 5) is 37.2. The Labute approximate surface area is 162 Å². The van der Waals surface area contributed by atoms with Gasteiger partial charge >= 0.3 is 0 Å². The molecule has 3 aromatic rings. The van der Waals surface area contributed by atoms with Crippen LogP contribution in [-0.4, -0.2) is 68.4 Å². The largest absolute Gasteiger partial charge is 0.345 e. The van der Waals surface area contributed by atoms with Crippen LogP contribution in [0.4, 0.5) is 0 Å². The number of carbonyl (C=O) groups is 2. The zero-order valence-corrected chi connectivity index (χ0v) is 16.2. The molecular weight excluding hydrogens is 356 g/mol. The van der Waals surface area contributed by atoms with Crippen molar-refractivity contribution in [2.24, 2.45) is 0 Å². The van der Waals surface area contributed by atoms with Gasteiger partial charge in [0.25, 0.3) is 11.8 Å². The van der Waals surface area contributed by atoms with E-state index in [0.717, 1.165) is 17.8 Å². The van der Waals surface area contributed by atoms with Gasteiger partial charge in [0.1, 0.15) is 11.3 Å². The van der Waals surface area contributed by atoms with Gasteiger partial charge in [-0.2, -0.15) is 5.10 Å². The van der Waals surface area contributed by atoms with Crippen molar-refractivity contribution in [1.29, 1.82) is 0 Å². The summed E-state index contributed by atoms with van der Waals surface area (Å²) in [6, 6.07) is 7.39. The van der Waals surface area contributed by atoms with Crippen LogP contribution in [0.5, 0.6) is 0 Å². The Morgan fingerprint density at radius 3 is 2.79 bits per heavy atom. The van der Waals surface area contributed by atoms with Crippen molar-refractivity contribution in [3.05, 3.63) is 59.3 Å². The minimum absolute atomic E-state index is 0.0551. The van der Waals surface area contributed by atoms with E-state index in [-0.39, 0.29) is 17.7 Å². The van der Waals surface area contributed by atoms with Gasteiger partial charge in [-0.25, -0.2) is 14.5 Å². The summed E-state index contributed by atoms with van der Waals surface area (Å²) in [5.41, 5.74) is 3.27. The van der Waals surface area contributed by atoms with Crippen LogP contribution in [0.2, 0.25) is 0 Å². The minimum Gasteiger partial charge on any atom is -0.345 e. The number of fused-ring (bicyclic) bond motifs is 1. The van der Waals surface area contributed by atoms with Gasteiger partial charge in [0.15, 0.2) is 5.65 Å². The third kappa shape index (κ3) is 3.11. The number of likely N-dealkylation sites (tertiary alicyclic amines) is 1. The van der Waals surface area contributed by atoms with Crippen molar-refractivity contribution in [3.8, 4) is 0 Å². The molecule has 1 atom stereocenters. The standard InChI is InChI=1S/C20H22N6O2/c1-13-5-4-6-16(23-13)20(28)25-10-8-14(12-25)17-7-9-21-18-15(11-22-26(17)18)19(27)24(2)3/h4-7,9,11,14H,8,10,12H2,1-3H3/t14-/m1/s1. The molecule has 2 amide bonds. The Balaban J connectivity index is 1.60. The summed E-state index contributed by atoms with van der Waals surface area (Å²) in [5, 5.41) is 4.40. The van der Waals surface area contributed by atoms with Crippen molar-refractivity contribution in [1.82, 2.24) is 29.4 Å². The lowest BCUT2D eigenvalue weighted by molar-refractivity contribution is 0.0783. The number of hydrogen-bond donors (Lipinski definition) is 0. The first-order valence-electron chi connectivity index (χ1n) is 9.23. The monoisotopic (exact) mass is 378 g/mol. The zero-order chi connectivity index (χ0) is 19.8. The summed E-state index contributed by atoms with van der Waals surface area (Å²) in [6.45, 7) is 3.12. The predicted molar refractivity (Wildman–Crippen MR) is 103 cm³/mol. The van der Waals surface area contributed by atoms with Crippen LogP contribution in [0.3, 0.4) is 0 Å². The van der Waals surface area contributed by atoms with Gasteiger partial charge in [-0.3, -0.25) is 9.59 Å². The van der Waals surface area contributed by atoms with E-state index in [1.807, 2.05) is 30.0 Å². The summed E-state index contributed by atoms with van der Waals surface area (Å²) >= 11 is 0. The molecule has 4 heterocycles. The molecule has 4 rings (SSSR count). The molecule has 0 radical (unpaired) electrons. The molecule has 0 N–H and O–H groups in total. The normalized spacial score (nSPS) is 16.5. The summed E-state index contributed by atoms with van der Waals surface area (Å²) in [6.07, 6.45) is 4.08. The number of amides is 2. The van der Waals surface area contributed by atoms with E-state index in [9.17, 15) is 9.59 Å². The van der Waals surface area contributed by atoms with Crippen molar-refractivity contribution in [2.45, 2.75) is 19.3 Å². The topological polar surface area (TPSA) is 83.7 Å². The second-order valence-electron chi connectivity index (χ2n) is 7.26. The van der Waals surface area contributed by atoms with Crippen LogP contribution in [0, 0.1) is 6.92 Å². The molecule has 1 saturated heterocycles. The van der Waals surface area contributed by atoms with Gasteiger partial charge in [-0.1, -0.05) is 6.07 Å². The van der Waals surface area contributed by atoms with E-state index in [1.165, 1.54) is 4.90 Å². The Morgan fingerprint density at radius 1 is 1.21 bits per heavy atom. The Hall–Kier alpha value is -3.29. The van der Waals surface area contributed by atoms with Gasteiger partial charge in [0.05, 0.1) is 11.9 Å². The molecule has 0 aliphatic carbocycles. The first kappa shape index (κ1) is 18.1. The van der Waals surface area contributed by atoms with Crippen molar-refractivity contribution >= 4 is 17.5 Å². The van der Waals surface area contributed by atoms with Crippen molar-refractivity contribution < 1.29 is 9.59 Å². The van der Waals surface area contributed by atoms with Crippen molar-refractivity contribution in [2.75, 3.05) is 27.2 Å². The fourth-order valence-electron chi connectivity index (χ4n) is 3.62. The highest BCUT2D eigenvalue weighted by molar-refractivity contribution is 5.99. The number of hydrogen-bond acceptors (Lipinski definition) is 5. The third-order valence-electron chi connectivity index (χ3n) is 5.07. The Morgan fingerprint density at radius 2 is 2.04 bits per heavy atom. The van der Waals surface area contributed by atoms with E-state index in [1.54, 1.807) is 37.1 Å². The second-order valence-corrected chi connectivity index (χ2v) is 7.26. The summed E-state index contributed by atoms with van der Waals surface area (Å²) in [5.74, 6) is -0.0599. The molecule has 8 nitrogen and oxygen atoms in total. The minimum atomic E-state index is -0.131. The maximum absolute atomic E-state index is 12.8. The molecule has 3 aromatic heterocycles. The molecule has 0 bridgehead atoms. The maximum Gasteiger partial charge on any atom is 0.272 e. The molecule has 1 aliphatic heterocycles. The van der Waals surface area contributed by atoms with Gasteiger partial charge in [-0.15, -0.1) is 0 Å². The highest BCUT2D eigenvalue weighted by Gasteiger charge is 2.31. The first-order valence-corrected chi connectivity index (χ1v) is 9.23. The van der Waals surface area contributed by atoms with Crippen LogP contribution in [0.1, 0.15) is 44.6 Å². The fourth-order valence-corrected chi connectivity index (χ4v) is 3.62. The van der Waals surface area contributed by atoms with Crippen LogP contribution < -0.4 is 0 Å². The van der Waals surface area contributed by atoms with Gasteiger partial charge in [0.2, 0.25) is 0 Å². The number of pyridine rings is 1. The van der Waals surface area contributed by atoms with E-state index in [4.69, 9.17) is 0 Å². The van der Waals surface area contributed by atoms with E-state index < -0.39 is 0 Å². The average molecular weight is 378 g/mol. The fraction of sp³-hybridized carbons (Fsp3) is 0.350. The van der Waals surface area contributed by atoms with Crippen LogP contribution in [0.25, 0.3) is 5.65 Å². The predicted octanol–water partition coefficient (Wildman–Crippen LogP) is 1.76. The Kier molecular flexibility index (Phi) is 4.54. The lowest BCUT2D eigenvalue weighted by atomic mass is 10.0. The van der Waals surface area contributed by atoms with Crippen LogP contribution in [0.15, 0.2) is 36.7 Å². The zero-order valence-electron chi connectivity index (χ0n) is 16.2. The molecule has 1 fully saturated rings. The summed E-state index contributed by atoms with van der Waals surface area (Å²) in [7, 11) is 3.41. The van der Waals surface area contributed by atoms with Gasteiger partial charge < -0.3 is 9.80 Å². The molecule has 1 aliphatic rings. The smallest absolute Gasteiger partial charge is 0.272 e. The number of aryl methyl sites for hydroxylation is 1. The highest BCUT2D eigenvalue weighted by atomic mass is 16.2. The molecule has 0 aromatic carbocycles. The molecule has 0 spiro atoms. The molecule has 0 saturated carbocycles. The van der Waals surface area contributed by atoms with Crippen LogP contribution >= 0.6 is 0 Å². The number of carbonyl (C=O) groups excluding carboxylic acids is 2. The second kappa shape index (κ2) is 7.03. The van der Waals surface area contributed by atoms with Crippen LogP contribution in [-0.2, 0) is 0 Å². The van der Waals surface area contributed by atoms with Crippen molar-refractivity contribution in [3.63, 3.8) is 0 Å². The number of rotatable bonds is 3. The first-order chi connectivity index (χ1) is 13.5. The van der Waals surface area contributed by atoms with E-state index in [2.05, 4.69) is 15.1 Å². The lowest BCUT2D eigenvalue weighted by Crippen LogP contribution is -2.29. The molecular formula is C20H22N6O2. The Bertz CT molecular complexity index is 1060. The maximum atomic E-state index is 12.8. The SMILES string of the molecule is Cc1cccc(C(=O)N2CC[C@@H](c3ccnc4c(C(=O)N(C)C)cnn34)C2)n1.